The van der Waals surface area contributed by atoms with Crippen LogP contribution in [-0.4, -0.2) is 44.8 Å². The van der Waals surface area contributed by atoms with Crippen molar-refractivity contribution in [2.45, 2.75) is 27.3 Å². The zero-order chi connectivity index (χ0) is 21.1. The van der Waals surface area contributed by atoms with Crippen LogP contribution in [0.3, 0.4) is 0 Å². The van der Waals surface area contributed by atoms with Gasteiger partial charge in [0.15, 0.2) is 0 Å². The maximum atomic E-state index is 12.5. The van der Waals surface area contributed by atoms with Crippen molar-refractivity contribution in [3.63, 3.8) is 0 Å². The molecule has 1 aromatic carbocycles. The number of aryl methyl sites for hydroxylation is 2. The monoisotopic (exact) mass is 432 g/mol. The lowest BCUT2D eigenvalue weighted by molar-refractivity contribution is -0.124. The fraction of sp³-hybridized carbons (Fsp3) is 0.300. The van der Waals surface area contributed by atoms with Crippen LogP contribution in [0.4, 0.5) is 4.79 Å². The molecule has 29 heavy (non-hydrogen) atoms. The first-order valence-corrected chi connectivity index (χ1v) is 10.2. The molecule has 2 heterocycles. The molecule has 1 aromatic heterocycles. The summed E-state index contributed by atoms with van der Waals surface area (Å²) in [5.41, 5.74) is 3.35. The third-order valence-corrected chi connectivity index (χ3v) is 5.95. The molecule has 1 aliphatic heterocycles. The van der Waals surface area contributed by atoms with Gasteiger partial charge < -0.3 is 5.32 Å². The molecular weight excluding hydrogens is 412 g/mol. The van der Waals surface area contributed by atoms with Crippen LogP contribution in [0.1, 0.15) is 22.5 Å². The van der Waals surface area contributed by atoms with Crippen LogP contribution in [-0.2, 0) is 16.1 Å². The summed E-state index contributed by atoms with van der Waals surface area (Å²) in [5.74, 6) is -0.616. The minimum absolute atomic E-state index is 0.0224. The molecule has 0 atom stereocenters. The predicted molar refractivity (Wildman–Crippen MR) is 114 cm³/mol. The number of thioether (sulfide) groups is 1. The Hall–Kier alpha value is -2.58. The van der Waals surface area contributed by atoms with Crippen molar-refractivity contribution < 1.29 is 14.4 Å². The summed E-state index contributed by atoms with van der Waals surface area (Å²) in [6, 6.07) is 7.69. The fourth-order valence-electron chi connectivity index (χ4n) is 2.83. The molecule has 0 spiro atoms. The Labute approximate surface area is 178 Å². The Balaban J connectivity index is 1.54. The van der Waals surface area contributed by atoms with Crippen molar-refractivity contribution in [3.8, 4) is 0 Å². The van der Waals surface area contributed by atoms with Gasteiger partial charge in [0.2, 0.25) is 5.91 Å². The maximum absolute atomic E-state index is 12.5. The minimum Gasteiger partial charge on any atom is -0.353 e. The van der Waals surface area contributed by atoms with Crippen molar-refractivity contribution >= 4 is 46.5 Å². The summed E-state index contributed by atoms with van der Waals surface area (Å²) in [7, 11) is 0. The minimum atomic E-state index is -0.347. The number of aromatic nitrogens is 2. The van der Waals surface area contributed by atoms with E-state index < -0.39 is 0 Å². The number of carbonyl (C=O) groups is 3. The number of nitrogens with zero attached hydrogens (tertiary/aromatic N) is 3. The molecule has 0 saturated carbocycles. The second-order valence-corrected chi connectivity index (χ2v) is 8.11. The second kappa shape index (κ2) is 8.84. The first-order chi connectivity index (χ1) is 13.8. The number of halogens is 1. The fourth-order valence-corrected chi connectivity index (χ4v) is 3.84. The van der Waals surface area contributed by atoms with Gasteiger partial charge >= 0.3 is 0 Å². The third kappa shape index (κ3) is 4.89. The largest absolute Gasteiger partial charge is 0.353 e. The predicted octanol–water partition coefficient (Wildman–Crippen LogP) is 3.31. The standard InChI is InChI=1S/C20H21ClN4O3S/c1-12-4-6-15(7-5-12)10-16-19(27)24(20(28)29-16)9-8-22-17(26)11-25-14(3)18(21)13(2)23-25/h4-7,10H,8-9,11H2,1-3H3,(H,22,26). The van der Waals surface area contributed by atoms with Gasteiger partial charge in [0, 0.05) is 13.1 Å². The third-order valence-electron chi connectivity index (χ3n) is 4.49. The van der Waals surface area contributed by atoms with Gasteiger partial charge in [0.1, 0.15) is 6.54 Å². The first kappa shape index (κ1) is 21.1. The van der Waals surface area contributed by atoms with E-state index in [2.05, 4.69) is 10.4 Å². The molecule has 0 radical (unpaired) electrons. The molecule has 3 rings (SSSR count). The summed E-state index contributed by atoms with van der Waals surface area (Å²) >= 11 is 6.99. The SMILES string of the molecule is Cc1ccc(C=C2SC(=O)N(CCNC(=O)Cn3nc(C)c(Cl)c3C)C2=O)cc1. The van der Waals surface area contributed by atoms with Crippen LogP contribution in [0.15, 0.2) is 29.2 Å². The van der Waals surface area contributed by atoms with Crippen LogP contribution < -0.4 is 5.32 Å². The molecule has 1 fully saturated rings. The Morgan fingerprint density at radius 3 is 2.52 bits per heavy atom. The van der Waals surface area contributed by atoms with E-state index in [9.17, 15) is 14.4 Å². The lowest BCUT2D eigenvalue weighted by Gasteiger charge is -2.13. The lowest BCUT2D eigenvalue weighted by atomic mass is 10.1. The highest BCUT2D eigenvalue weighted by Gasteiger charge is 2.34. The van der Waals surface area contributed by atoms with Gasteiger partial charge in [-0.3, -0.25) is 24.0 Å². The van der Waals surface area contributed by atoms with E-state index in [1.165, 1.54) is 4.68 Å². The van der Waals surface area contributed by atoms with Crippen molar-refractivity contribution in [1.82, 2.24) is 20.0 Å². The number of amides is 3. The van der Waals surface area contributed by atoms with Crippen LogP contribution in [0.5, 0.6) is 0 Å². The highest BCUT2D eigenvalue weighted by atomic mass is 35.5. The number of rotatable bonds is 6. The van der Waals surface area contributed by atoms with E-state index in [1.807, 2.05) is 31.2 Å². The lowest BCUT2D eigenvalue weighted by Crippen LogP contribution is -2.38. The number of hydrogen-bond acceptors (Lipinski definition) is 5. The van der Waals surface area contributed by atoms with Crippen molar-refractivity contribution in [2.75, 3.05) is 13.1 Å². The van der Waals surface area contributed by atoms with Crippen molar-refractivity contribution in [3.05, 3.63) is 56.7 Å². The van der Waals surface area contributed by atoms with Crippen LogP contribution in [0, 0.1) is 20.8 Å². The summed E-state index contributed by atoms with van der Waals surface area (Å²) < 4.78 is 1.53. The van der Waals surface area contributed by atoms with E-state index in [-0.39, 0.29) is 36.7 Å². The van der Waals surface area contributed by atoms with Gasteiger partial charge in [-0.25, -0.2) is 0 Å². The Morgan fingerprint density at radius 2 is 1.90 bits per heavy atom. The molecule has 9 heteroatoms. The van der Waals surface area contributed by atoms with Gasteiger partial charge in [-0.2, -0.15) is 5.10 Å². The molecule has 0 aliphatic carbocycles. The van der Waals surface area contributed by atoms with Crippen LogP contribution in [0.25, 0.3) is 6.08 Å². The smallest absolute Gasteiger partial charge is 0.293 e. The van der Waals surface area contributed by atoms with Gasteiger partial charge in [-0.05, 0) is 44.2 Å². The van der Waals surface area contributed by atoms with E-state index >= 15 is 0 Å². The normalized spacial score (nSPS) is 15.4. The molecule has 1 saturated heterocycles. The van der Waals surface area contributed by atoms with E-state index in [1.54, 1.807) is 19.9 Å². The highest BCUT2D eigenvalue weighted by molar-refractivity contribution is 8.18. The molecule has 152 valence electrons. The van der Waals surface area contributed by atoms with Crippen molar-refractivity contribution in [1.29, 1.82) is 0 Å². The summed E-state index contributed by atoms with van der Waals surface area (Å²) in [5, 5.41) is 7.12. The molecule has 3 amide bonds. The molecule has 0 bridgehead atoms. The maximum Gasteiger partial charge on any atom is 0.293 e. The van der Waals surface area contributed by atoms with Gasteiger partial charge in [-0.15, -0.1) is 0 Å². The number of imide groups is 1. The Kier molecular flexibility index (Phi) is 6.44. The topological polar surface area (TPSA) is 84.3 Å². The molecule has 0 unspecified atom stereocenters. The van der Waals surface area contributed by atoms with E-state index in [4.69, 9.17) is 11.6 Å². The average molecular weight is 433 g/mol. The van der Waals surface area contributed by atoms with E-state index in [0.717, 1.165) is 27.8 Å². The molecule has 1 N–H and O–H groups in total. The molecular formula is C20H21ClN4O3S. The van der Waals surface area contributed by atoms with Gasteiger partial charge in [-0.1, -0.05) is 41.4 Å². The highest BCUT2D eigenvalue weighted by Crippen LogP contribution is 2.31. The van der Waals surface area contributed by atoms with Crippen LogP contribution in [0.2, 0.25) is 5.02 Å². The average Bonchev–Trinajstić information content (AvgIpc) is 3.08. The molecule has 7 nitrogen and oxygen atoms in total. The summed E-state index contributed by atoms with van der Waals surface area (Å²) in [4.78, 5) is 38.3. The number of nitrogens with one attached hydrogen (secondary N) is 1. The summed E-state index contributed by atoms with van der Waals surface area (Å²) in [6.45, 7) is 5.84. The van der Waals surface area contributed by atoms with Crippen molar-refractivity contribution in [2.24, 2.45) is 0 Å². The molecule has 1 aliphatic rings. The quantitative estimate of drug-likeness (QED) is 0.708. The van der Waals surface area contributed by atoms with Gasteiger partial charge in [0.25, 0.3) is 11.1 Å². The Bertz CT molecular complexity index is 998. The van der Waals surface area contributed by atoms with E-state index in [0.29, 0.717) is 21.3 Å². The second-order valence-electron chi connectivity index (χ2n) is 6.74. The first-order valence-electron chi connectivity index (χ1n) is 9.04. The zero-order valence-corrected chi connectivity index (χ0v) is 17.9. The zero-order valence-electron chi connectivity index (χ0n) is 16.4. The number of carbonyl (C=O) groups excluding carboxylic acids is 3. The number of hydrogen-bond donors (Lipinski definition) is 1. The molecule has 2 aromatic rings. The Morgan fingerprint density at radius 1 is 1.21 bits per heavy atom. The van der Waals surface area contributed by atoms with Crippen LogP contribution >= 0.6 is 23.4 Å². The number of benzene rings is 1. The van der Waals surface area contributed by atoms with Gasteiger partial charge in [0.05, 0.1) is 21.3 Å². The summed E-state index contributed by atoms with van der Waals surface area (Å²) in [6.07, 6.45) is 1.70.